The Kier molecular flexibility index (Phi) is 4.17. The number of nitrogens with zero attached hydrogens (tertiary/aromatic N) is 2. The molecule has 1 fully saturated rings. The number of pyridine rings is 1. The maximum absolute atomic E-state index is 13.0. The molecule has 0 spiro atoms. The van der Waals surface area contributed by atoms with Crippen molar-refractivity contribution in [1.82, 2.24) is 10.3 Å². The molecule has 1 aromatic heterocycles. The van der Waals surface area contributed by atoms with Crippen molar-refractivity contribution in [1.29, 1.82) is 0 Å². The number of aromatic nitrogens is 1. The first-order valence-corrected chi connectivity index (χ1v) is 8.06. The Morgan fingerprint density at radius 3 is 2.65 bits per heavy atom. The van der Waals surface area contributed by atoms with Gasteiger partial charge in [0.2, 0.25) is 5.91 Å². The van der Waals surface area contributed by atoms with Gasteiger partial charge in [-0.1, -0.05) is 30.0 Å². The molecule has 1 aliphatic rings. The van der Waals surface area contributed by atoms with Gasteiger partial charge in [0.15, 0.2) is 5.17 Å². The molecule has 118 valence electrons. The van der Waals surface area contributed by atoms with Crippen LogP contribution in [0.2, 0.25) is 0 Å². The van der Waals surface area contributed by atoms with Crippen LogP contribution in [0.1, 0.15) is 31.1 Å². The molecule has 0 aliphatic carbocycles. The van der Waals surface area contributed by atoms with E-state index < -0.39 is 4.75 Å². The summed E-state index contributed by atoms with van der Waals surface area (Å²) in [6.07, 6.45) is 1.67. The molecule has 4 nitrogen and oxygen atoms in total. The quantitative estimate of drug-likeness (QED) is 0.939. The van der Waals surface area contributed by atoms with Crippen LogP contribution in [0, 0.1) is 5.82 Å². The Hall–Kier alpha value is -2.21. The van der Waals surface area contributed by atoms with Crippen LogP contribution in [-0.4, -0.2) is 16.1 Å². The van der Waals surface area contributed by atoms with Gasteiger partial charge in [-0.15, -0.1) is 0 Å². The smallest absolute Gasteiger partial charge is 0.248 e. The van der Waals surface area contributed by atoms with E-state index in [0.29, 0.717) is 10.9 Å². The largest absolute Gasteiger partial charge is 0.304 e. The van der Waals surface area contributed by atoms with Gasteiger partial charge in [-0.2, -0.15) is 0 Å². The number of amidine groups is 1. The van der Waals surface area contributed by atoms with E-state index in [-0.39, 0.29) is 17.8 Å². The highest BCUT2D eigenvalue weighted by Gasteiger charge is 2.45. The summed E-state index contributed by atoms with van der Waals surface area (Å²) < 4.78 is 12.2. The van der Waals surface area contributed by atoms with Crippen molar-refractivity contribution in [3.8, 4) is 0 Å². The van der Waals surface area contributed by atoms with Gasteiger partial charge in [0.25, 0.3) is 0 Å². The first kappa shape index (κ1) is 15.7. The second-order valence-corrected chi connectivity index (χ2v) is 6.87. The lowest BCUT2D eigenvalue weighted by Gasteiger charge is -2.17. The molecule has 23 heavy (non-hydrogen) atoms. The summed E-state index contributed by atoms with van der Waals surface area (Å²) in [6, 6.07) is 11.5. The van der Waals surface area contributed by atoms with Gasteiger partial charge in [-0.05, 0) is 43.7 Å². The number of hydrogen-bond donors (Lipinski definition) is 1. The van der Waals surface area contributed by atoms with Crippen LogP contribution < -0.4 is 5.32 Å². The molecule has 2 heterocycles. The molecule has 1 aliphatic heterocycles. The number of carbonyl (C=O) groups excluding carboxylic acids is 1. The fourth-order valence-corrected chi connectivity index (χ4v) is 3.46. The van der Waals surface area contributed by atoms with Crippen LogP contribution >= 0.6 is 11.8 Å². The zero-order chi connectivity index (χ0) is 16.4. The molecule has 2 atom stereocenters. The minimum Gasteiger partial charge on any atom is -0.304 e. The number of hydrogen-bond acceptors (Lipinski definition) is 4. The second kappa shape index (κ2) is 6.12. The van der Waals surface area contributed by atoms with Gasteiger partial charge in [0, 0.05) is 6.20 Å². The maximum Gasteiger partial charge on any atom is 0.248 e. The summed E-state index contributed by atoms with van der Waals surface area (Å²) in [5, 5.41) is 3.37. The van der Waals surface area contributed by atoms with E-state index in [1.165, 1.54) is 23.9 Å². The zero-order valence-electron chi connectivity index (χ0n) is 12.8. The lowest BCUT2D eigenvalue weighted by atomic mass is 10.1. The number of halogens is 1. The first-order valence-electron chi connectivity index (χ1n) is 7.24. The molecule has 3 rings (SSSR count). The van der Waals surface area contributed by atoms with Crippen molar-refractivity contribution in [2.75, 3.05) is 0 Å². The van der Waals surface area contributed by atoms with E-state index in [1.807, 2.05) is 32.0 Å². The lowest BCUT2D eigenvalue weighted by molar-refractivity contribution is -0.121. The molecule has 0 bridgehead atoms. The lowest BCUT2D eigenvalue weighted by Crippen LogP contribution is -2.32. The van der Waals surface area contributed by atoms with Gasteiger partial charge in [0.05, 0.1) is 11.7 Å². The zero-order valence-corrected chi connectivity index (χ0v) is 13.6. The fourth-order valence-electron chi connectivity index (χ4n) is 2.35. The highest BCUT2D eigenvalue weighted by molar-refractivity contribution is 8.15. The number of rotatable bonds is 3. The van der Waals surface area contributed by atoms with Crippen molar-refractivity contribution in [3.05, 3.63) is 65.7 Å². The average molecular weight is 329 g/mol. The van der Waals surface area contributed by atoms with E-state index in [0.717, 1.165) is 5.56 Å². The Labute approximate surface area is 138 Å². The number of benzene rings is 1. The predicted octanol–water partition coefficient (Wildman–Crippen LogP) is 3.42. The summed E-state index contributed by atoms with van der Waals surface area (Å²) in [5.41, 5.74) is 1.59. The van der Waals surface area contributed by atoms with Gasteiger partial charge in [0.1, 0.15) is 10.6 Å². The SMILES string of the molecule is C[C@@H](N=C1NC(=O)[C@@](C)(c2ccccn2)S1)c1ccc(F)cc1. The van der Waals surface area contributed by atoms with Gasteiger partial charge >= 0.3 is 0 Å². The summed E-state index contributed by atoms with van der Waals surface area (Å²) in [6.45, 7) is 3.74. The summed E-state index contributed by atoms with van der Waals surface area (Å²) >= 11 is 1.35. The standard InChI is InChI=1S/C17H16FN3OS/c1-11(12-6-8-13(18)9-7-12)20-16-21-15(22)17(2,23-16)14-5-3-4-10-19-14/h3-11H,1-2H3,(H,20,21,22)/t11-,17-/m1/s1. The van der Waals surface area contributed by atoms with Gasteiger partial charge in [-0.3, -0.25) is 14.8 Å². The summed E-state index contributed by atoms with van der Waals surface area (Å²) in [4.78, 5) is 21.2. The fraction of sp³-hybridized carbons (Fsp3) is 0.235. The minimum absolute atomic E-state index is 0.133. The molecule has 1 aromatic carbocycles. The van der Waals surface area contributed by atoms with E-state index in [2.05, 4.69) is 15.3 Å². The van der Waals surface area contributed by atoms with Crippen LogP contribution in [0.15, 0.2) is 53.7 Å². The van der Waals surface area contributed by atoms with Crippen molar-refractivity contribution in [3.63, 3.8) is 0 Å². The molecule has 0 radical (unpaired) electrons. The normalized spacial score (nSPS) is 23.8. The van der Waals surface area contributed by atoms with Crippen LogP contribution in [0.3, 0.4) is 0 Å². The number of nitrogens with one attached hydrogen (secondary N) is 1. The van der Waals surface area contributed by atoms with Crippen LogP contribution in [0.4, 0.5) is 4.39 Å². The Morgan fingerprint density at radius 2 is 2.00 bits per heavy atom. The third-order valence-corrected chi connectivity index (χ3v) is 4.98. The molecule has 2 aromatic rings. The van der Waals surface area contributed by atoms with Crippen molar-refractivity contribution in [2.45, 2.75) is 24.6 Å². The molecule has 0 unspecified atom stereocenters. The number of aliphatic imine (C=N–C) groups is 1. The van der Waals surface area contributed by atoms with E-state index in [1.54, 1.807) is 18.3 Å². The summed E-state index contributed by atoms with van der Waals surface area (Å²) in [7, 11) is 0. The van der Waals surface area contributed by atoms with E-state index in [9.17, 15) is 9.18 Å². The third kappa shape index (κ3) is 3.12. The van der Waals surface area contributed by atoms with Gasteiger partial charge < -0.3 is 5.32 Å². The van der Waals surface area contributed by atoms with Crippen molar-refractivity contribution >= 4 is 22.8 Å². The first-order chi connectivity index (χ1) is 11.0. The molecular weight excluding hydrogens is 313 g/mol. The summed E-state index contributed by atoms with van der Waals surface area (Å²) in [5.74, 6) is -0.411. The Balaban J connectivity index is 1.83. The topological polar surface area (TPSA) is 54.4 Å². The van der Waals surface area contributed by atoms with Crippen molar-refractivity contribution in [2.24, 2.45) is 4.99 Å². The highest BCUT2D eigenvalue weighted by atomic mass is 32.2. The number of carbonyl (C=O) groups is 1. The number of amides is 1. The highest BCUT2D eigenvalue weighted by Crippen LogP contribution is 2.40. The number of thioether (sulfide) groups is 1. The van der Waals surface area contributed by atoms with E-state index >= 15 is 0 Å². The molecular formula is C17H16FN3OS. The molecule has 0 saturated carbocycles. The monoisotopic (exact) mass is 329 g/mol. The van der Waals surface area contributed by atoms with Crippen LogP contribution in [-0.2, 0) is 9.54 Å². The Morgan fingerprint density at radius 1 is 1.26 bits per heavy atom. The predicted molar refractivity (Wildman–Crippen MR) is 89.6 cm³/mol. The van der Waals surface area contributed by atoms with E-state index in [4.69, 9.17) is 0 Å². The maximum atomic E-state index is 13.0. The van der Waals surface area contributed by atoms with Gasteiger partial charge in [-0.25, -0.2) is 4.39 Å². The molecule has 1 saturated heterocycles. The Bertz CT molecular complexity index is 748. The van der Waals surface area contributed by atoms with Crippen LogP contribution in [0.5, 0.6) is 0 Å². The molecule has 1 N–H and O–H groups in total. The average Bonchev–Trinajstić information content (AvgIpc) is 2.84. The van der Waals surface area contributed by atoms with Crippen LogP contribution in [0.25, 0.3) is 0 Å². The minimum atomic E-state index is -0.789. The molecule has 1 amide bonds. The molecule has 6 heteroatoms. The third-order valence-electron chi connectivity index (χ3n) is 3.77. The second-order valence-electron chi connectivity index (χ2n) is 5.47. The van der Waals surface area contributed by atoms with Crippen molar-refractivity contribution < 1.29 is 9.18 Å².